The maximum atomic E-state index is 15.9. The molecule has 0 saturated carbocycles. The number of benzene rings is 2. The summed E-state index contributed by atoms with van der Waals surface area (Å²) in [6, 6.07) is 4.12. The normalized spacial score (nSPS) is 22.4. The minimum Gasteiger partial charge on any atom is -0.390 e. The van der Waals surface area contributed by atoms with Crippen LogP contribution in [-0.4, -0.2) is 76.4 Å². The van der Waals surface area contributed by atoms with Gasteiger partial charge in [-0.05, 0) is 68.1 Å². The van der Waals surface area contributed by atoms with Crippen LogP contribution >= 0.6 is 0 Å². The highest BCUT2D eigenvalue weighted by atomic mass is 19.3. The molecule has 0 spiro atoms. The van der Waals surface area contributed by atoms with E-state index >= 15 is 8.78 Å². The Labute approximate surface area is 228 Å². The molecule has 40 heavy (non-hydrogen) atoms. The lowest BCUT2D eigenvalue weighted by molar-refractivity contribution is -0.0870. The highest BCUT2D eigenvalue weighted by Gasteiger charge is 2.45. The quantitative estimate of drug-likeness (QED) is 0.316. The molecule has 1 fully saturated rings. The van der Waals surface area contributed by atoms with Crippen molar-refractivity contribution in [3.63, 3.8) is 0 Å². The van der Waals surface area contributed by atoms with Crippen LogP contribution < -0.4 is 0 Å². The number of fused-ring (bicyclic) bond motifs is 3. The number of nitrogens with one attached hydrogen (secondary N) is 1. The predicted octanol–water partition coefficient (Wildman–Crippen LogP) is 5.05. The summed E-state index contributed by atoms with van der Waals surface area (Å²) in [5.74, 6) is -6.42. The number of halogens is 6. The highest BCUT2D eigenvalue weighted by Crippen LogP contribution is 2.45. The second-order valence-corrected chi connectivity index (χ2v) is 11.3. The number of aliphatic hydroxyl groups is 2. The van der Waals surface area contributed by atoms with Crippen molar-refractivity contribution >= 4 is 10.9 Å². The molecular weight excluding hydrogens is 536 g/mol. The Morgan fingerprint density at radius 1 is 1.07 bits per heavy atom. The highest BCUT2D eigenvalue weighted by molar-refractivity contribution is 5.85. The Kier molecular flexibility index (Phi) is 7.71. The van der Waals surface area contributed by atoms with Gasteiger partial charge in [0, 0.05) is 53.8 Å². The number of hydrogen-bond acceptors (Lipinski definition) is 4. The van der Waals surface area contributed by atoms with Gasteiger partial charge in [0.05, 0.1) is 24.9 Å². The summed E-state index contributed by atoms with van der Waals surface area (Å²) in [7, 11) is 0. The van der Waals surface area contributed by atoms with E-state index in [0.717, 1.165) is 12.1 Å². The van der Waals surface area contributed by atoms with Crippen LogP contribution in [0.2, 0.25) is 0 Å². The zero-order valence-corrected chi connectivity index (χ0v) is 22.3. The van der Waals surface area contributed by atoms with E-state index < -0.39 is 66.4 Å². The first kappa shape index (κ1) is 28.9. The Bertz CT molecular complexity index is 1360. The Morgan fingerprint density at radius 3 is 2.38 bits per heavy atom. The molecule has 0 radical (unpaired) electrons. The third-order valence-corrected chi connectivity index (χ3v) is 8.51. The van der Waals surface area contributed by atoms with E-state index in [1.807, 2.05) is 4.90 Å². The second kappa shape index (κ2) is 10.7. The van der Waals surface area contributed by atoms with Crippen LogP contribution in [0.25, 0.3) is 10.9 Å². The summed E-state index contributed by atoms with van der Waals surface area (Å²) >= 11 is 0. The van der Waals surface area contributed by atoms with E-state index in [9.17, 15) is 27.8 Å². The van der Waals surface area contributed by atoms with Crippen LogP contribution in [0.5, 0.6) is 0 Å². The fourth-order valence-corrected chi connectivity index (χ4v) is 6.17. The first-order valence-corrected chi connectivity index (χ1v) is 13.4. The van der Waals surface area contributed by atoms with Gasteiger partial charge in [0.15, 0.2) is 0 Å². The third kappa shape index (κ3) is 5.13. The van der Waals surface area contributed by atoms with E-state index in [1.54, 1.807) is 6.92 Å². The number of alkyl halides is 3. The predicted molar refractivity (Wildman–Crippen MR) is 138 cm³/mol. The van der Waals surface area contributed by atoms with Crippen molar-refractivity contribution in [3.8, 4) is 0 Å². The van der Waals surface area contributed by atoms with E-state index in [-0.39, 0.29) is 23.6 Å². The number of likely N-dealkylation sites (tertiary alicyclic amines) is 1. The standard InChI is InChI=1S/C29H33F6N3O2/c1-16-8-21-20-11-19(31)4-5-24(20)36-26(21)27(38(16)14-29(34,35)15-39)25-22(32)9-17(10-23(25)33)28(2,40)18-12-37(13-18)7-3-6-30/h4-5,9-11,16,18,27,36,39-40H,3,6-8,12-15H2,1-2H3/t16-,27-,28?/m1/s1. The number of aromatic amines is 1. The van der Waals surface area contributed by atoms with Gasteiger partial charge in [0.2, 0.25) is 0 Å². The molecule has 2 aromatic carbocycles. The summed E-state index contributed by atoms with van der Waals surface area (Å²) in [5.41, 5.74) is -0.704. The molecule has 11 heteroatoms. The lowest BCUT2D eigenvalue weighted by atomic mass is 9.77. The molecule has 1 aromatic heterocycles. The maximum Gasteiger partial charge on any atom is 0.283 e. The lowest BCUT2D eigenvalue weighted by Gasteiger charge is -2.47. The van der Waals surface area contributed by atoms with Crippen molar-refractivity contribution in [1.82, 2.24) is 14.8 Å². The molecule has 3 heterocycles. The van der Waals surface area contributed by atoms with Crippen molar-refractivity contribution < 1.29 is 36.6 Å². The minimum atomic E-state index is -3.54. The molecule has 218 valence electrons. The number of aliphatic hydroxyl groups excluding tert-OH is 1. The molecule has 2 aliphatic heterocycles. The van der Waals surface area contributed by atoms with Gasteiger partial charge in [-0.3, -0.25) is 9.29 Å². The molecule has 5 nitrogen and oxygen atoms in total. The Hall–Kier alpha value is -2.60. The molecule has 0 aliphatic carbocycles. The van der Waals surface area contributed by atoms with Gasteiger partial charge in [-0.1, -0.05) is 0 Å². The smallest absolute Gasteiger partial charge is 0.283 e. The first-order chi connectivity index (χ1) is 18.9. The summed E-state index contributed by atoms with van der Waals surface area (Å²) in [6.07, 6.45) is 0.578. The van der Waals surface area contributed by atoms with Crippen molar-refractivity contribution in [3.05, 3.63) is 70.2 Å². The molecule has 3 atom stereocenters. The summed E-state index contributed by atoms with van der Waals surface area (Å²) in [4.78, 5) is 6.27. The summed E-state index contributed by atoms with van der Waals surface area (Å²) in [6.45, 7) is 1.66. The van der Waals surface area contributed by atoms with Crippen LogP contribution in [0.1, 0.15) is 48.7 Å². The SMILES string of the molecule is C[C@@H]1Cc2c([nH]c3ccc(F)cc23)[C@@H](c2c(F)cc(C(C)(O)C3CN(CCCF)C3)cc2F)N1CC(F)(F)CO. The Balaban J connectivity index is 1.57. The molecule has 3 aromatic rings. The monoisotopic (exact) mass is 569 g/mol. The van der Waals surface area contributed by atoms with Crippen LogP contribution in [0.3, 0.4) is 0 Å². The van der Waals surface area contributed by atoms with Gasteiger partial charge < -0.3 is 20.1 Å². The third-order valence-electron chi connectivity index (χ3n) is 8.51. The molecule has 1 unspecified atom stereocenters. The zero-order chi connectivity index (χ0) is 29.0. The molecule has 1 saturated heterocycles. The van der Waals surface area contributed by atoms with Crippen LogP contribution in [0.4, 0.5) is 26.3 Å². The number of hydrogen-bond donors (Lipinski definition) is 3. The van der Waals surface area contributed by atoms with Crippen molar-refractivity contribution in [1.29, 1.82) is 0 Å². The largest absolute Gasteiger partial charge is 0.390 e. The number of nitrogens with zero attached hydrogens (tertiary/aromatic N) is 2. The number of rotatable bonds is 9. The number of H-pyrrole nitrogens is 1. The molecule has 0 bridgehead atoms. The molecular formula is C29H33F6N3O2. The van der Waals surface area contributed by atoms with Crippen molar-refractivity contribution in [2.45, 2.75) is 50.3 Å². The van der Waals surface area contributed by atoms with E-state index in [1.165, 1.54) is 30.0 Å². The van der Waals surface area contributed by atoms with Crippen LogP contribution in [0, 0.1) is 23.4 Å². The van der Waals surface area contributed by atoms with E-state index in [0.29, 0.717) is 42.5 Å². The van der Waals surface area contributed by atoms with Gasteiger partial charge in [-0.25, -0.2) is 22.0 Å². The van der Waals surface area contributed by atoms with Gasteiger partial charge in [0.1, 0.15) is 24.1 Å². The lowest BCUT2D eigenvalue weighted by Crippen LogP contribution is -2.55. The zero-order valence-electron chi connectivity index (χ0n) is 22.3. The van der Waals surface area contributed by atoms with E-state index in [2.05, 4.69) is 4.98 Å². The van der Waals surface area contributed by atoms with Gasteiger partial charge in [-0.2, -0.15) is 0 Å². The summed E-state index contributed by atoms with van der Waals surface area (Å²) in [5, 5.41) is 21.0. The van der Waals surface area contributed by atoms with Crippen LogP contribution in [-0.2, 0) is 12.0 Å². The van der Waals surface area contributed by atoms with Crippen molar-refractivity contribution in [2.24, 2.45) is 5.92 Å². The second-order valence-electron chi connectivity index (χ2n) is 11.3. The molecule has 0 amide bonds. The summed E-state index contributed by atoms with van der Waals surface area (Å²) < 4.78 is 87.5. The van der Waals surface area contributed by atoms with Gasteiger partial charge in [-0.15, -0.1) is 0 Å². The fourth-order valence-electron chi connectivity index (χ4n) is 6.17. The minimum absolute atomic E-state index is 0.0106. The fraction of sp³-hybridized carbons (Fsp3) is 0.517. The topological polar surface area (TPSA) is 62.7 Å². The first-order valence-electron chi connectivity index (χ1n) is 13.4. The van der Waals surface area contributed by atoms with Crippen LogP contribution in [0.15, 0.2) is 30.3 Å². The number of aromatic nitrogens is 1. The maximum absolute atomic E-state index is 15.9. The molecule has 3 N–H and O–H groups in total. The van der Waals surface area contributed by atoms with Gasteiger partial charge in [0.25, 0.3) is 5.92 Å². The Morgan fingerprint density at radius 2 is 1.75 bits per heavy atom. The molecule has 2 aliphatic rings. The van der Waals surface area contributed by atoms with E-state index in [4.69, 9.17) is 0 Å². The van der Waals surface area contributed by atoms with Gasteiger partial charge >= 0.3 is 0 Å². The van der Waals surface area contributed by atoms with Crippen molar-refractivity contribution in [2.75, 3.05) is 39.5 Å². The molecule has 5 rings (SSSR count). The average Bonchev–Trinajstić information content (AvgIpc) is 3.21. The average molecular weight is 570 g/mol.